The first-order valence-corrected chi connectivity index (χ1v) is 6.58. The van der Waals surface area contributed by atoms with Crippen molar-refractivity contribution >= 4 is 17.4 Å². The molecule has 0 amide bonds. The fraction of sp³-hybridized carbons (Fsp3) is 0.615. The normalized spacial score (nSPS) is 19.0. The van der Waals surface area contributed by atoms with Gasteiger partial charge in [-0.1, -0.05) is 11.6 Å². The molecule has 5 heteroatoms. The number of nitrogens with zero attached hydrogens (tertiary/aromatic N) is 2. The van der Waals surface area contributed by atoms with Gasteiger partial charge in [0, 0.05) is 13.1 Å². The molecule has 1 aromatic heterocycles. The zero-order valence-electron chi connectivity index (χ0n) is 11.2. The van der Waals surface area contributed by atoms with Crippen LogP contribution in [0.1, 0.15) is 19.5 Å². The second-order valence-corrected chi connectivity index (χ2v) is 5.55. The number of hydrogen-bond acceptors (Lipinski definition) is 4. The van der Waals surface area contributed by atoms with E-state index in [9.17, 15) is 0 Å². The summed E-state index contributed by atoms with van der Waals surface area (Å²) in [6, 6.07) is 3.90. The second-order valence-electron chi connectivity index (χ2n) is 5.14. The Hall–Kier alpha value is -0.840. The number of nitrogens with one attached hydrogen (secondary N) is 1. The molecule has 0 radical (unpaired) electrons. The molecule has 1 saturated heterocycles. The molecule has 2 rings (SSSR count). The van der Waals surface area contributed by atoms with Crippen LogP contribution >= 0.6 is 11.6 Å². The molecule has 2 heterocycles. The van der Waals surface area contributed by atoms with Gasteiger partial charge in [0.05, 0.1) is 29.5 Å². The maximum Gasteiger partial charge on any atom is 0.129 e. The first kappa shape index (κ1) is 13.6. The zero-order chi connectivity index (χ0) is 13.2. The van der Waals surface area contributed by atoms with Gasteiger partial charge in [-0.05, 0) is 33.0 Å². The summed E-state index contributed by atoms with van der Waals surface area (Å²) in [6.45, 7) is 7.34. The molecule has 1 fully saturated rings. The van der Waals surface area contributed by atoms with Crippen molar-refractivity contribution in [3.05, 3.63) is 22.8 Å². The number of ether oxygens (including phenoxy) is 1. The van der Waals surface area contributed by atoms with Crippen LogP contribution in [0.2, 0.25) is 5.02 Å². The first-order valence-electron chi connectivity index (χ1n) is 6.20. The largest absolute Gasteiger partial charge is 0.377 e. The van der Waals surface area contributed by atoms with E-state index < -0.39 is 0 Å². The van der Waals surface area contributed by atoms with Gasteiger partial charge in [0.15, 0.2) is 0 Å². The summed E-state index contributed by atoms with van der Waals surface area (Å²) in [4.78, 5) is 6.94. The van der Waals surface area contributed by atoms with E-state index in [0.717, 1.165) is 31.3 Å². The van der Waals surface area contributed by atoms with E-state index >= 15 is 0 Å². The van der Waals surface area contributed by atoms with Gasteiger partial charge >= 0.3 is 0 Å². The first-order chi connectivity index (χ1) is 8.54. The third-order valence-corrected chi connectivity index (χ3v) is 3.51. The lowest BCUT2D eigenvalue weighted by Gasteiger charge is -2.43. The average molecular weight is 270 g/mol. The third kappa shape index (κ3) is 2.76. The van der Waals surface area contributed by atoms with Crippen molar-refractivity contribution in [1.82, 2.24) is 10.3 Å². The Bertz CT molecular complexity index is 423. The molecule has 0 bridgehead atoms. The molecular formula is C13H20ClN3O. The van der Waals surface area contributed by atoms with Crippen LogP contribution in [0.15, 0.2) is 12.1 Å². The molecule has 0 aromatic carbocycles. The fourth-order valence-electron chi connectivity index (χ4n) is 2.20. The highest BCUT2D eigenvalue weighted by molar-refractivity contribution is 6.31. The van der Waals surface area contributed by atoms with Gasteiger partial charge in [-0.25, -0.2) is 4.98 Å². The summed E-state index contributed by atoms with van der Waals surface area (Å²) in [5, 5.41) is 3.79. The lowest BCUT2D eigenvalue weighted by atomic mass is 10.0. The van der Waals surface area contributed by atoms with Crippen molar-refractivity contribution in [3.8, 4) is 0 Å². The van der Waals surface area contributed by atoms with Gasteiger partial charge in [0.1, 0.15) is 5.82 Å². The molecule has 0 aliphatic carbocycles. The number of aromatic nitrogens is 1. The Labute approximate surface area is 113 Å². The smallest absolute Gasteiger partial charge is 0.129 e. The maximum absolute atomic E-state index is 6.14. The molecule has 0 atom stereocenters. The summed E-state index contributed by atoms with van der Waals surface area (Å²) in [5.74, 6) is 0.970. The Balaban J connectivity index is 2.29. The molecule has 0 saturated carbocycles. The monoisotopic (exact) mass is 269 g/mol. The van der Waals surface area contributed by atoms with Gasteiger partial charge in [-0.3, -0.25) is 0 Å². The summed E-state index contributed by atoms with van der Waals surface area (Å²) in [6.07, 6.45) is 0. The number of morpholine rings is 1. The quantitative estimate of drug-likeness (QED) is 0.912. The van der Waals surface area contributed by atoms with E-state index in [0.29, 0.717) is 11.6 Å². The minimum absolute atomic E-state index is 0.0318. The average Bonchev–Trinajstić information content (AvgIpc) is 2.32. The second kappa shape index (κ2) is 5.43. The summed E-state index contributed by atoms with van der Waals surface area (Å²) >= 11 is 6.14. The molecule has 0 unspecified atom stereocenters. The SMILES string of the molecule is CNCc1nc(N2CCOCC2(C)C)ccc1Cl. The number of hydrogen-bond donors (Lipinski definition) is 1. The van der Waals surface area contributed by atoms with Gasteiger partial charge in [0.25, 0.3) is 0 Å². The minimum atomic E-state index is -0.0318. The van der Waals surface area contributed by atoms with Gasteiger partial charge in [-0.2, -0.15) is 0 Å². The summed E-state index contributed by atoms with van der Waals surface area (Å²) < 4.78 is 5.53. The Morgan fingerprint density at radius 2 is 2.28 bits per heavy atom. The summed E-state index contributed by atoms with van der Waals surface area (Å²) in [5.41, 5.74) is 0.856. The van der Waals surface area contributed by atoms with Crippen LogP contribution in [0, 0.1) is 0 Å². The Morgan fingerprint density at radius 3 is 2.94 bits per heavy atom. The molecule has 1 aromatic rings. The van der Waals surface area contributed by atoms with E-state index in [2.05, 4.69) is 29.0 Å². The number of rotatable bonds is 3. The van der Waals surface area contributed by atoms with E-state index in [4.69, 9.17) is 16.3 Å². The molecule has 0 spiro atoms. The van der Waals surface area contributed by atoms with E-state index in [1.54, 1.807) is 0 Å². The molecule has 1 N–H and O–H groups in total. The Morgan fingerprint density at radius 1 is 1.50 bits per heavy atom. The van der Waals surface area contributed by atoms with E-state index in [1.807, 2.05) is 19.2 Å². The predicted molar refractivity (Wildman–Crippen MR) is 74.3 cm³/mol. The zero-order valence-corrected chi connectivity index (χ0v) is 11.9. The van der Waals surface area contributed by atoms with Crippen molar-refractivity contribution in [3.63, 3.8) is 0 Å². The highest BCUT2D eigenvalue weighted by Crippen LogP contribution is 2.27. The highest BCUT2D eigenvalue weighted by Gasteiger charge is 2.31. The lowest BCUT2D eigenvalue weighted by Crippen LogP contribution is -2.53. The molecule has 1 aliphatic heterocycles. The van der Waals surface area contributed by atoms with Crippen LogP contribution in [0.5, 0.6) is 0 Å². The van der Waals surface area contributed by atoms with E-state index in [1.165, 1.54) is 0 Å². The molecular weight excluding hydrogens is 250 g/mol. The Kier molecular flexibility index (Phi) is 4.10. The van der Waals surface area contributed by atoms with Crippen LogP contribution in [-0.2, 0) is 11.3 Å². The van der Waals surface area contributed by atoms with Crippen molar-refractivity contribution in [2.45, 2.75) is 25.9 Å². The van der Waals surface area contributed by atoms with Crippen LogP contribution in [0.3, 0.4) is 0 Å². The van der Waals surface area contributed by atoms with Gasteiger partial charge < -0.3 is 15.0 Å². The van der Waals surface area contributed by atoms with Crippen LogP contribution in [-0.4, -0.2) is 37.3 Å². The van der Waals surface area contributed by atoms with Gasteiger partial charge in [0.2, 0.25) is 0 Å². The molecule has 1 aliphatic rings. The van der Waals surface area contributed by atoms with Crippen molar-refractivity contribution < 1.29 is 4.74 Å². The van der Waals surface area contributed by atoms with E-state index in [-0.39, 0.29) is 5.54 Å². The molecule has 18 heavy (non-hydrogen) atoms. The summed E-state index contributed by atoms with van der Waals surface area (Å²) in [7, 11) is 1.89. The van der Waals surface area contributed by atoms with Crippen LogP contribution < -0.4 is 10.2 Å². The number of halogens is 1. The minimum Gasteiger partial charge on any atom is -0.377 e. The van der Waals surface area contributed by atoms with Crippen molar-refractivity contribution in [1.29, 1.82) is 0 Å². The third-order valence-electron chi connectivity index (χ3n) is 3.17. The topological polar surface area (TPSA) is 37.4 Å². The predicted octanol–water partition coefficient (Wildman–Crippen LogP) is 2.07. The maximum atomic E-state index is 6.14. The number of anilines is 1. The molecule has 4 nitrogen and oxygen atoms in total. The lowest BCUT2D eigenvalue weighted by molar-refractivity contribution is 0.0639. The van der Waals surface area contributed by atoms with Crippen LogP contribution in [0.25, 0.3) is 0 Å². The van der Waals surface area contributed by atoms with Gasteiger partial charge in [-0.15, -0.1) is 0 Å². The highest BCUT2D eigenvalue weighted by atomic mass is 35.5. The van der Waals surface area contributed by atoms with Crippen molar-refractivity contribution in [2.75, 3.05) is 31.7 Å². The van der Waals surface area contributed by atoms with Crippen molar-refractivity contribution in [2.24, 2.45) is 0 Å². The molecule has 100 valence electrons. The number of pyridine rings is 1. The van der Waals surface area contributed by atoms with Crippen LogP contribution in [0.4, 0.5) is 5.82 Å². The standard InChI is InChI=1S/C13H20ClN3O/c1-13(2)9-18-7-6-17(13)12-5-4-10(14)11(16-12)8-15-3/h4-5,15H,6-9H2,1-3H3. The fourth-order valence-corrected chi connectivity index (χ4v) is 2.37.